The minimum Gasteiger partial charge on any atom is -0.363 e. The molecule has 0 radical (unpaired) electrons. The summed E-state index contributed by atoms with van der Waals surface area (Å²) in [5.41, 5.74) is 3.94. The molecule has 5 rings (SSSR count). The van der Waals surface area contributed by atoms with Gasteiger partial charge in [-0.25, -0.2) is 0 Å². The molecule has 1 aromatic rings. The molecule has 3 atom stereocenters. The lowest BCUT2D eigenvalue weighted by molar-refractivity contribution is -0.285. The van der Waals surface area contributed by atoms with E-state index in [0.717, 1.165) is 31.6 Å². The predicted octanol–water partition coefficient (Wildman–Crippen LogP) is 0.862. The van der Waals surface area contributed by atoms with E-state index in [1.807, 2.05) is 18.2 Å². The molecule has 0 spiro atoms. The van der Waals surface area contributed by atoms with Crippen molar-refractivity contribution in [3.63, 3.8) is 0 Å². The summed E-state index contributed by atoms with van der Waals surface area (Å²) in [6.45, 7) is 2.10. The molecule has 0 aliphatic carbocycles. The molecule has 2 bridgehead atoms. The maximum absolute atomic E-state index is 10.8. The van der Waals surface area contributed by atoms with Crippen LogP contribution in [-0.4, -0.2) is 39.9 Å². The molecule has 5 nitrogen and oxygen atoms in total. The first-order valence-corrected chi connectivity index (χ1v) is 6.60. The summed E-state index contributed by atoms with van der Waals surface area (Å²) in [7, 11) is 0. The molecule has 104 valence electrons. The van der Waals surface area contributed by atoms with Crippen molar-refractivity contribution in [3.05, 3.63) is 30.1 Å². The van der Waals surface area contributed by atoms with Crippen LogP contribution in [0.5, 0.6) is 0 Å². The van der Waals surface area contributed by atoms with Crippen LogP contribution in [0.1, 0.15) is 24.6 Å². The monoisotopic (exact) mass is 283 g/mol. The summed E-state index contributed by atoms with van der Waals surface area (Å²) in [6.07, 6.45) is 3.82. The van der Waals surface area contributed by atoms with Gasteiger partial charge in [-0.05, 0) is 38.1 Å². The number of aliphatic hydroxyl groups is 1. The fraction of sp³-hybridized carbons (Fsp3) is 0.615. The summed E-state index contributed by atoms with van der Waals surface area (Å²) in [5.74, 6) is -0.799. The van der Waals surface area contributed by atoms with Crippen molar-refractivity contribution in [2.24, 2.45) is 5.92 Å². The molecule has 4 aliphatic rings. The summed E-state index contributed by atoms with van der Waals surface area (Å²) in [5, 5.41) is 10.8. The SMILES string of the molecule is Cl.OC12ONC(c3ccccn3)C1N1CCC2CC1. The van der Waals surface area contributed by atoms with Gasteiger partial charge in [-0.3, -0.25) is 14.7 Å². The topological polar surface area (TPSA) is 57.6 Å². The van der Waals surface area contributed by atoms with E-state index in [1.54, 1.807) is 6.20 Å². The quantitative estimate of drug-likeness (QED) is 0.801. The van der Waals surface area contributed by atoms with E-state index in [2.05, 4.69) is 15.4 Å². The van der Waals surface area contributed by atoms with Gasteiger partial charge < -0.3 is 5.11 Å². The zero-order valence-electron chi connectivity index (χ0n) is 10.5. The van der Waals surface area contributed by atoms with E-state index in [-0.39, 0.29) is 30.4 Å². The van der Waals surface area contributed by atoms with Gasteiger partial charge in [0.05, 0.1) is 17.8 Å². The van der Waals surface area contributed by atoms with E-state index in [0.29, 0.717) is 0 Å². The predicted molar refractivity (Wildman–Crippen MR) is 71.5 cm³/mol. The molecule has 0 amide bonds. The fourth-order valence-corrected chi connectivity index (χ4v) is 3.69. The van der Waals surface area contributed by atoms with Gasteiger partial charge in [0, 0.05) is 12.1 Å². The number of nitrogens with one attached hydrogen (secondary N) is 1. The normalized spacial score (nSPS) is 43.6. The Kier molecular flexibility index (Phi) is 3.27. The molecule has 19 heavy (non-hydrogen) atoms. The number of rotatable bonds is 1. The van der Waals surface area contributed by atoms with Gasteiger partial charge in [0.2, 0.25) is 5.79 Å². The highest BCUT2D eigenvalue weighted by Gasteiger charge is 2.61. The zero-order valence-corrected chi connectivity index (χ0v) is 11.3. The molecule has 5 heterocycles. The molecule has 4 saturated heterocycles. The van der Waals surface area contributed by atoms with Gasteiger partial charge in [0.15, 0.2) is 0 Å². The second-order valence-electron chi connectivity index (χ2n) is 5.46. The highest BCUT2D eigenvalue weighted by atomic mass is 35.5. The van der Waals surface area contributed by atoms with Crippen LogP contribution in [0.15, 0.2) is 24.4 Å². The Morgan fingerprint density at radius 2 is 2.16 bits per heavy atom. The Morgan fingerprint density at radius 1 is 1.37 bits per heavy atom. The largest absolute Gasteiger partial charge is 0.363 e. The summed E-state index contributed by atoms with van der Waals surface area (Å²) in [4.78, 5) is 12.3. The van der Waals surface area contributed by atoms with Crippen molar-refractivity contribution in [3.8, 4) is 0 Å². The maximum atomic E-state index is 10.8. The lowest BCUT2D eigenvalue weighted by Gasteiger charge is -2.51. The Labute approximate surface area is 118 Å². The molecule has 0 aromatic carbocycles. The zero-order chi connectivity index (χ0) is 12.2. The van der Waals surface area contributed by atoms with Crippen molar-refractivity contribution in [1.29, 1.82) is 0 Å². The number of nitrogens with zero attached hydrogens (tertiary/aromatic N) is 2. The fourth-order valence-electron chi connectivity index (χ4n) is 3.69. The van der Waals surface area contributed by atoms with Crippen LogP contribution in [0.2, 0.25) is 0 Å². The van der Waals surface area contributed by atoms with Crippen LogP contribution >= 0.6 is 12.4 Å². The highest BCUT2D eigenvalue weighted by Crippen LogP contribution is 2.48. The molecular formula is C13H18ClN3O2. The van der Waals surface area contributed by atoms with E-state index in [9.17, 15) is 5.11 Å². The minimum absolute atomic E-state index is 0. The number of fused-ring (bicyclic) bond motifs is 2. The van der Waals surface area contributed by atoms with Gasteiger partial charge in [-0.1, -0.05) is 6.07 Å². The van der Waals surface area contributed by atoms with Gasteiger partial charge in [-0.15, -0.1) is 12.4 Å². The Hall–Kier alpha value is -0.720. The second-order valence-corrected chi connectivity index (χ2v) is 5.46. The van der Waals surface area contributed by atoms with E-state index in [4.69, 9.17) is 4.84 Å². The van der Waals surface area contributed by atoms with E-state index < -0.39 is 5.79 Å². The minimum atomic E-state index is -1.04. The first-order valence-electron chi connectivity index (χ1n) is 6.60. The number of halogens is 1. The summed E-state index contributed by atoms with van der Waals surface area (Å²) in [6, 6.07) is 5.80. The van der Waals surface area contributed by atoms with Crippen LogP contribution in [0.25, 0.3) is 0 Å². The van der Waals surface area contributed by atoms with Crippen LogP contribution in [0, 0.1) is 5.92 Å². The lowest BCUT2D eigenvalue weighted by Crippen LogP contribution is -2.65. The Morgan fingerprint density at radius 3 is 2.84 bits per heavy atom. The third-order valence-corrected chi connectivity index (χ3v) is 4.60. The van der Waals surface area contributed by atoms with Crippen molar-refractivity contribution in [2.75, 3.05) is 13.1 Å². The number of hydrogen-bond acceptors (Lipinski definition) is 5. The molecule has 0 saturated carbocycles. The lowest BCUT2D eigenvalue weighted by atomic mass is 9.75. The molecule has 2 N–H and O–H groups in total. The standard InChI is InChI=1S/C13H17N3O2.ClH/c17-13-9-4-7-16(8-5-9)12(13)11(15-18-13)10-3-1-2-6-14-10;/h1-3,6,9,11-12,15,17H,4-5,7-8H2;1H. The molecule has 4 fully saturated rings. The third-order valence-electron chi connectivity index (χ3n) is 4.60. The summed E-state index contributed by atoms with van der Waals surface area (Å²) >= 11 is 0. The smallest absolute Gasteiger partial charge is 0.205 e. The van der Waals surface area contributed by atoms with Crippen molar-refractivity contribution < 1.29 is 9.94 Å². The van der Waals surface area contributed by atoms with Crippen LogP contribution < -0.4 is 5.48 Å². The number of aromatic nitrogens is 1. The number of hydrogen-bond donors (Lipinski definition) is 2. The van der Waals surface area contributed by atoms with Crippen LogP contribution in [-0.2, 0) is 4.84 Å². The summed E-state index contributed by atoms with van der Waals surface area (Å²) < 4.78 is 0. The van der Waals surface area contributed by atoms with Gasteiger partial charge in [0.1, 0.15) is 0 Å². The van der Waals surface area contributed by atoms with Crippen molar-refractivity contribution in [2.45, 2.75) is 30.7 Å². The van der Waals surface area contributed by atoms with Crippen molar-refractivity contribution >= 4 is 12.4 Å². The molecular weight excluding hydrogens is 266 g/mol. The second kappa shape index (κ2) is 4.68. The van der Waals surface area contributed by atoms with Gasteiger partial charge in [-0.2, -0.15) is 5.48 Å². The average Bonchev–Trinajstić information content (AvgIpc) is 2.81. The van der Waals surface area contributed by atoms with Crippen LogP contribution in [0.4, 0.5) is 0 Å². The van der Waals surface area contributed by atoms with Crippen LogP contribution in [0.3, 0.4) is 0 Å². The third kappa shape index (κ3) is 1.80. The Bertz CT molecular complexity index is 452. The average molecular weight is 284 g/mol. The highest BCUT2D eigenvalue weighted by molar-refractivity contribution is 5.85. The van der Waals surface area contributed by atoms with Crippen molar-refractivity contribution in [1.82, 2.24) is 15.4 Å². The van der Waals surface area contributed by atoms with E-state index in [1.165, 1.54) is 0 Å². The van der Waals surface area contributed by atoms with Gasteiger partial charge in [0.25, 0.3) is 0 Å². The number of piperidine rings is 3. The van der Waals surface area contributed by atoms with E-state index >= 15 is 0 Å². The molecule has 3 unspecified atom stereocenters. The van der Waals surface area contributed by atoms with Gasteiger partial charge >= 0.3 is 0 Å². The number of pyridine rings is 1. The first-order chi connectivity index (χ1) is 8.79. The first kappa shape index (κ1) is 13.3. The number of hydroxylamine groups is 1. The molecule has 1 aromatic heterocycles. The molecule has 6 heteroatoms. The molecule has 4 aliphatic heterocycles. The maximum Gasteiger partial charge on any atom is 0.205 e. The Balaban J connectivity index is 0.00000110.